The largest absolute Gasteiger partial charge is 0.338 e. The lowest BCUT2D eigenvalue weighted by Gasteiger charge is -2.28. The predicted octanol–water partition coefficient (Wildman–Crippen LogP) is 0.934. The fourth-order valence-electron chi connectivity index (χ4n) is 2.53. The zero-order valence-corrected chi connectivity index (χ0v) is 13.4. The quantitative estimate of drug-likeness (QED) is 0.583. The van der Waals surface area contributed by atoms with E-state index in [1.54, 1.807) is 0 Å². The van der Waals surface area contributed by atoms with Crippen LogP contribution in [0.5, 0.6) is 0 Å². The topological polar surface area (TPSA) is 73.5 Å². The number of amides is 3. The van der Waals surface area contributed by atoms with E-state index in [1.807, 2.05) is 0 Å². The van der Waals surface area contributed by atoms with Crippen molar-refractivity contribution >= 4 is 11.9 Å². The molecule has 1 fully saturated rings. The van der Waals surface area contributed by atoms with Crippen LogP contribution in [0.2, 0.25) is 0 Å². The molecule has 1 aliphatic heterocycles. The summed E-state index contributed by atoms with van der Waals surface area (Å²) in [6.45, 7) is 8.91. The number of likely N-dealkylation sites (N-methyl/N-ethyl adjacent to an activating group) is 1. The highest BCUT2D eigenvalue weighted by Crippen LogP contribution is 2.13. The monoisotopic (exact) mass is 298 g/mol. The number of carbonyl (C=O) groups is 2. The SMILES string of the molecule is CCCCNC(=O)NC(=O)CN(CC)CC1CCNCC1. The Bertz CT molecular complexity index is 317. The van der Waals surface area contributed by atoms with Crippen LogP contribution in [-0.4, -0.2) is 56.1 Å². The lowest BCUT2D eigenvalue weighted by Crippen LogP contribution is -2.46. The van der Waals surface area contributed by atoms with Gasteiger partial charge >= 0.3 is 6.03 Å². The van der Waals surface area contributed by atoms with E-state index in [4.69, 9.17) is 0 Å². The van der Waals surface area contributed by atoms with Crippen molar-refractivity contribution in [3.8, 4) is 0 Å². The molecule has 0 spiro atoms. The van der Waals surface area contributed by atoms with E-state index in [0.29, 0.717) is 19.0 Å². The van der Waals surface area contributed by atoms with Gasteiger partial charge in [-0.25, -0.2) is 4.79 Å². The first kappa shape index (κ1) is 17.9. The second-order valence-electron chi connectivity index (χ2n) is 5.68. The third-order valence-corrected chi connectivity index (χ3v) is 3.86. The highest BCUT2D eigenvalue weighted by Gasteiger charge is 2.18. The molecule has 6 nitrogen and oxygen atoms in total. The van der Waals surface area contributed by atoms with E-state index < -0.39 is 0 Å². The van der Waals surface area contributed by atoms with Crippen LogP contribution < -0.4 is 16.0 Å². The van der Waals surface area contributed by atoms with Crippen molar-refractivity contribution in [3.05, 3.63) is 0 Å². The predicted molar refractivity (Wildman–Crippen MR) is 84.2 cm³/mol. The number of carbonyl (C=O) groups excluding carboxylic acids is 2. The molecule has 0 radical (unpaired) electrons. The molecular formula is C15H30N4O2. The Labute approximate surface area is 128 Å². The number of piperidine rings is 1. The third-order valence-electron chi connectivity index (χ3n) is 3.86. The molecule has 0 aromatic heterocycles. The zero-order valence-electron chi connectivity index (χ0n) is 13.4. The number of nitrogens with one attached hydrogen (secondary N) is 3. The van der Waals surface area contributed by atoms with Crippen LogP contribution in [0.4, 0.5) is 4.79 Å². The van der Waals surface area contributed by atoms with Crippen LogP contribution in [0.15, 0.2) is 0 Å². The van der Waals surface area contributed by atoms with E-state index in [0.717, 1.165) is 51.9 Å². The summed E-state index contributed by atoms with van der Waals surface area (Å²) in [7, 11) is 0. The molecule has 0 aliphatic carbocycles. The first-order valence-electron chi connectivity index (χ1n) is 8.16. The number of nitrogens with zero attached hydrogens (tertiary/aromatic N) is 1. The van der Waals surface area contributed by atoms with Gasteiger partial charge in [0.15, 0.2) is 0 Å². The van der Waals surface area contributed by atoms with E-state index in [2.05, 4.69) is 34.7 Å². The molecule has 0 unspecified atom stereocenters. The molecule has 1 saturated heterocycles. The van der Waals surface area contributed by atoms with Crippen molar-refractivity contribution in [1.82, 2.24) is 20.9 Å². The molecule has 0 atom stereocenters. The lowest BCUT2D eigenvalue weighted by molar-refractivity contribution is -0.121. The summed E-state index contributed by atoms with van der Waals surface area (Å²) in [4.78, 5) is 25.5. The fourth-order valence-corrected chi connectivity index (χ4v) is 2.53. The van der Waals surface area contributed by atoms with Crippen LogP contribution in [0.1, 0.15) is 39.5 Å². The van der Waals surface area contributed by atoms with Crippen molar-refractivity contribution in [2.75, 3.05) is 39.3 Å². The molecule has 122 valence electrons. The number of rotatable bonds is 8. The van der Waals surface area contributed by atoms with Gasteiger partial charge in [-0.1, -0.05) is 20.3 Å². The van der Waals surface area contributed by atoms with E-state index in [-0.39, 0.29) is 11.9 Å². The maximum atomic E-state index is 11.9. The van der Waals surface area contributed by atoms with Gasteiger partial charge < -0.3 is 10.6 Å². The summed E-state index contributed by atoms with van der Waals surface area (Å²) in [5.41, 5.74) is 0. The first-order chi connectivity index (χ1) is 10.2. The second kappa shape index (κ2) is 10.6. The van der Waals surface area contributed by atoms with E-state index in [1.165, 1.54) is 0 Å². The Kier molecular flexibility index (Phi) is 9.01. The highest BCUT2D eigenvalue weighted by atomic mass is 16.2. The molecule has 0 saturated carbocycles. The number of hydrogen-bond acceptors (Lipinski definition) is 4. The van der Waals surface area contributed by atoms with E-state index >= 15 is 0 Å². The van der Waals surface area contributed by atoms with Gasteiger partial charge in [0.1, 0.15) is 0 Å². The summed E-state index contributed by atoms with van der Waals surface area (Å²) >= 11 is 0. The van der Waals surface area contributed by atoms with Gasteiger partial charge in [-0.2, -0.15) is 0 Å². The minimum Gasteiger partial charge on any atom is -0.338 e. The van der Waals surface area contributed by atoms with Gasteiger partial charge in [0, 0.05) is 13.1 Å². The van der Waals surface area contributed by atoms with Crippen LogP contribution >= 0.6 is 0 Å². The standard InChI is InChI=1S/C15H30N4O2/c1-3-5-8-17-15(21)18-14(20)12-19(4-2)11-13-6-9-16-10-7-13/h13,16H,3-12H2,1-2H3,(H2,17,18,20,21). The van der Waals surface area contributed by atoms with Crippen LogP contribution in [0, 0.1) is 5.92 Å². The van der Waals surface area contributed by atoms with Gasteiger partial charge in [0.2, 0.25) is 5.91 Å². The summed E-state index contributed by atoms with van der Waals surface area (Å²) in [5, 5.41) is 8.43. The maximum Gasteiger partial charge on any atom is 0.321 e. The molecule has 6 heteroatoms. The Morgan fingerprint density at radius 1 is 1.24 bits per heavy atom. The molecule has 21 heavy (non-hydrogen) atoms. The van der Waals surface area contributed by atoms with E-state index in [9.17, 15) is 9.59 Å². The van der Waals surface area contributed by atoms with Gasteiger partial charge in [0.25, 0.3) is 0 Å². The summed E-state index contributed by atoms with van der Waals surface area (Å²) in [6.07, 6.45) is 4.28. The number of urea groups is 1. The molecule has 0 aromatic rings. The minimum absolute atomic E-state index is 0.222. The first-order valence-corrected chi connectivity index (χ1v) is 8.16. The van der Waals surface area contributed by atoms with Crippen molar-refractivity contribution in [3.63, 3.8) is 0 Å². The van der Waals surface area contributed by atoms with Crippen LogP contribution in [0.3, 0.4) is 0 Å². The maximum absolute atomic E-state index is 11.9. The summed E-state index contributed by atoms with van der Waals surface area (Å²) < 4.78 is 0. The van der Waals surface area contributed by atoms with Crippen LogP contribution in [0.25, 0.3) is 0 Å². The Hall–Kier alpha value is -1.14. The smallest absolute Gasteiger partial charge is 0.321 e. The Balaban J connectivity index is 2.24. The Morgan fingerprint density at radius 3 is 2.57 bits per heavy atom. The fraction of sp³-hybridized carbons (Fsp3) is 0.867. The highest BCUT2D eigenvalue weighted by molar-refractivity contribution is 5.95. The van der Waals surface area contributed by atoms with Gasteiger partial charge in [-0.3, -0.25) is 15.0 Å². The molecule has 1 heterocycles. The number of hydrogen-bond donors (Lipinski definition) is 3. The molecular weight excluding hydrogens is 268 g/mol. The average Bonchev–Trinajstić information content (AvgIpc) is 2.47. The third kappa shape index (κ3) is 8.02. The molecule has 1 aliphatic rings. The average molecular weight is 298 g/mol. The van der Waals surface area contributed by atoms with Gasteiger partial charge in [0.05, 0.1) is 6.54 Å². The zero-order chi connectivity index (χ0) is 15.5. The normalized spacial score (nSPS) is 16.0. The second-order valence-corrected chi connectivity index (χ2v) is 5.68. The van der Waals surface area contributed by atoms with Crippen molar-refractivity contribution in [2.24, 2.45) is 5.92 Å². The Morgan fingerprint density at radius 2 is 1.95 bits per heavy atom. The van der Waals surface area contributed by atoms with Crippen molar-refractivity contribution in [1.29, 1.82) is 0 Å². The molecule has 0 bridgehead atoms. The molecule has 3 amide bonds. The number of unbranched alkanes of at least 4 members (excludes halogenated alkanes) is 1. The van der Waals surface area contributed by atoms with Crippen molar-refractivity contribution < 1.29 is 9.59 Å². The summed E-state index contributed by atoms with van der Waals surface area (Å²) in [5.74, 6) is 0.428. The minimum atomic E-state index is -0.383. The van der Waals surface area contributed by atoms with Gasteiger partial charge in [-0.15, -0.1) is 0 Å². The van der Waals surface area contributed by atoms with Crippen molar-refractivity contribution in [2.45, 2.75) is 39.5 Å². The number of imide groups is 1. The molecule has 3 N–H and O–H groups in total. The summed E-state index contributed by atoms with van der Waals surface area (Å²) in [6, 6.07) is -0.383. The van der Waals surface area contributed by atoms with Crippen LogP contribution in [-0.2, 0) is 4.79 Å². The molecule has 0 aromatic carbocycles. The van der Waals surface area contributed by atoms with Gasteiger partial charge in [-0.05, 0) is 44.8 Å². The molecule has 1 rings (SSSR count). The lowest BCUT2D eigenvalue weighted by atomic mass is 9.97.